The number of hydrogen-bond acceptors (Lipinski definition) is 3. The largest absolute Gasteiger partial charge is 0.481 e. The molecule has 3 atom stereocenters. The number of hydrogen-bond donors (Lipinski definition) is 2. The smallest absolute Gasteiger partial charge is 0.306 e. The summed E-state index contributed by atoms with van der Waals surface area (Å²) in [5.74, 6) is -1.21. The minimum atomic E-state index is -0.771. The van der Waals surface area contributed by atoms with Crippen LogP contribution in [0.15, 0.2) is 0 Å². The quantitative estimate of drug-likeness (QED) is 0.732. The molecule has 0 spiro atoms. The number of aliphatic carboxylic acids is 1. The maximum absolute atomic E-state index is 11.9. The van der Waals surface area contributed by atoms with E-state index in [2.05, 4.69) is 31.1 Å². The molecule has 5 heteroatoms. The second-order valence-corrected chi connectivity index (χ2v) is 5.57. The normalized spacial score (nSPS) is 24.4. The summed E-state index contributed by atoms with van der Waals surface area (Å²) in [6, 6.07) is 0.514. The third kappa shape index (κ3) is 4.82. The molecular weight excluding hydrogens is 244 g/mol. The molecule has 5 nitrogen and oxygen atoms in total. The van der Waals surface area contributed by atoms with Gasteiger partial charge in [-0.3, -0.25) is 9.59 Å². The molecule has 1 aliphatic carbocycles. The molecule has 1 fully saturated rings. The fourth-order valence-electron chi connectivity index (χ4n) is 2.48. The Hall–Kier alpha value is -1.10. The van der Waals surface area contributed by atoms with E-state index in [0.29, 0.717) is 31.8 Å². The first-order valence-electron chi connectivity index (χ1n) is 7.16. The van der Waals surface area contributed by atoms with Crippen molar-refractivity contribution in [1.29, 1.82) is 0 Å². The summed E-state index contributed by atoms with van der Waals surface area (Å²) in [4.78, 5) is 25.0. The molecule has 0 bridgehead atoms. The molecule has 0 aliphatic heterocycles. The first-order valence-corrected chi connectivity index (χ1v) is 7.16. The van der Waals surface area contributed by atoms with E-state index in [1.165, 1.54) is 0 Å². The summed E-state index contributed by atoms with van der Waals surface area (Å²) < 4.78 is 0. The minimum absolute atomic E-state index is 0.0151. The molecule has 0 radical (unpaired) electrons. The van der Waals surface area contributed by atoms with Gasteiger partial charge in [0.1, 0.15) is 0 Å². The molecule has 0 saturated heterocycles. The Morgan fingerprint density at radius 2 is 2.00 bits per heavy atom. The van der Waals surface area contributed by atoms with E-state index < -0.39 is 5.97 Å². The summed E-state index contributed by atoms with van der Waals surface area (Å²) in [5, 5.41) is 11.8. The van der Waals surface area contributed by atoms with Crippen molar-refractivity contribution in [2.45, 2.75) is 45.6 Å². The summed E-state index contributed by atoms with van der Waals surface area (Å²) in [6.45, 7) is 5.77. The number of carbonyl (C=O) groups excluding carboxylic acids is 1. The Balaban J connectivity index is 2.24. The number of carbonyl (C=O) groups is 2. The Kier molecular flexibility index (Phi) is 6.28. The lowest BCUT2D eigenvalue weighted by molar-refractivity contribution is -0.141. The number of amides is 1. The van der Waals surface area contributed by atoms with Crippen LogP contribution in [0.2, 0.25) is 0 Å². The van der Waals surface area contributed by atoms with Crippen molar-refractivity contribution in [1.82, 2.24) is 10.2 Å². The third-order valence-electron chi connectivity index (χ3n) is 4.26. The highest BCUT2D eigenvalue weighted by Crippen LogP contribution is 2.30. The molecule has 0 aromatic rings. The van der Waals surface area contributed by atoms with Gasteiger partial charge in [-0.15, -0.1) is 0 Å². The van der Waals surface area contributed by atoms with Gasteiger partial charge in [-0.25, -0.2) is 0 Å². The van der Waals surface area contributed by atoms with E-state index in [1.54, 1.807) is 0 Å². The predicted molar refractivity (Wildman–Crippen MR) is 73.9 cm³/mol. The van der Waals surface area contributed by atoms with Crippen molar-refractivity contribution in [3.05, 3.63) is 0 Å². The highest BCUT2D eigenvalue weighted by molar-refractivity contribution is 5.80. The number of carboxylic acid groups (broad SMARTS) is 1. The molecular formula is C14H26N2O3. The number of rotatable bonds is 7. The second-order valence-electron chi connectivity index (χ2n) is 5.57. The Labute approximate surface area is 115 Å². The van der Waals surface area contributed by atoms with Crippen molar-refractivity contribution < 1.29 is 14.7 Å². The molecule has 1 saturated carbocycles. The monoisotopic (exact) mass is 270 g/mol. The topological polar surface area (TPSA) is 69.6 Å². The van der Waals surface area contributed by atoms with Crippen molar-refractivity contribution in [3.8, 4) is 0 Å². The van der Waals surface area contributed by atoms with Crippen LogP contribution in [0, 0.1) is 11.8 Å². The van der Waals surface area contributed by atoms with Gasteiger partial charge in [-0.1, -0.05) is 6.92 Å². The molecule has 110 valence electrons. The minimum Gasteiger partial charge on any atom is -0.481 e. The van der Waals surface area contributed by atoms with Crippen molar-refractivity contribution in [2.24, 2.45) is 11.8 Å². The van der Waals surface area contributed by atoms with Crippen molar-refractivity contribution >= 4 is 11.9 Å². The lowest BCUT2D eigenvalue weighted by atomic mass is 10.0. The van der Waals surface area contributed by atoms with E-state index in [4.69, 9.17) is 5.11 Å². The highest BCUT2D eigenvalue weighted by atomic mass is 16.4. The first kappa shape index (κ1) is 16.0. The van der Waals surface area contributed by atoms with Crippen LogP contribution in [0.1, 0.15) is 39.5 Å². The number of nitrogens with zero attached hydrogens (tertiary/aromatic N) is 1. The second kappa shape index (κ2) is 7.48. The molecule has 1 rings (SSSR count). The van der Waals surface area contributed by atoms with E-state index in [0.717, 1.165) is 13.0 Å². The number of carboxylic acids is 1. The maximum Gasteiger partial charge on any atom is 0.306 e. The molecule has 1 aliphatic rings. The fourth-order valence-corrected chi connectivity index (χ4v) is 2.48. The van der Waals surface area contributed by atoms with Crippen molar-refractivity contribution in [2.75, 3.05) is 20.1 Å². The fraction of sp³-hybridized carbons (Fsp3) is 0.857. The Morgan fingerprint density at radius 1 is 1.37 bits per heavy atom. The summed E-state index contributed by atoms with van der Waals surface area (Å²) in [5.41, 5.74) is 0. The molecule has 3 unspecified atom stereocenters. The number of nitrogens with one attached hydrogen (secondary N) is 1. The molecule has 0 aromatic heterocycles. The molecule has 0 heterocycles. The summed E-state index contributed by atoms with van der Waals surface area (Å²) >= 11 is 0. The van der Waals surface area contributed by atoms with E-state index in [9.17, 15) is 9.59 Å². The maximum atomic E-state index is 11.9. The van der Waals surface area contributed by atoms with Crippen LogP contribution < -0.4 is 5.32 Å². The Morgan fingerprint density at radius 3 is 2.53 bits per heavy atom. The van der Waals surface area contributed by atoms with Gasteiger partial charge in [0.05, 0.1) is 5.92 Å². The predicted octanol–water partition coefficient (Wildman–Crippen LogP) is 1.33. The van der Waals surface area contributed by atoms with E-state index >= 15 is 0 Å². The molecule has 2 N–H and O–H groups in total. The van der Waals surface area contributed by atoms with Gasteiger partial charge in [0.25, 0.3) is 0 Å². The Bertz CT molecular complexity index is 320. The van der Waals surface area contributed by atoms with Gasteiger partial charge in [-0.2, -0.15) is 0 Å². The SMILES string of the molecule is CCC(C)N(C)CCNC(=O)C1CCC(C(=O)O)C1. The van der Waals surface area contributed by atoms with Crippen LogP contribution in [-0.4, -0.2) is 48.1 Å². The van der Waals surface area contributed by atoms with Crippen LogP contribution in [0.4, 0.5) is 0 Å². The highest BCUT2D eigenvalue weighted by Gasteiger charge is 2.33. The van der Waals surface area contributed by atoms with E-state index in [1.807, 2.05) is 0 Å². The van der Waals surface area contributed by atoms with Crippen LogP contribution >= 0.6 is 0 Å². The van der Waals surface area contributed by atoms with Crippen molar-refractivity contribution in [3.63, 3.8) is 0 Å². The summed E-state index contributed by atoms with van der Waals surface area (Å²) in [6.07, 6.45) is 2.90. The van der Waals surface area contributed by atoms with Crippen LogP contribution in [-0.2, 0) is 9.59 Å². The zero-order valence-corrected chi connectivity index (χ0v) is 12.2. The standard InChI is InChI=1S/C14H26N2O3/c1-4-10(2)16(3)8-7-15-13(17)11-5-6-12(9-11)14(18)19/h10-12H,4-9H2,1-3H3,(H,15,17)(H,18,19). The van der Waals surface area contributed by atoms with Gasteiger partial charge in [0.15, 0.2) is 0 Å². The van der Waals surface area contributed by atoms with Crippen LogP contribution in [0.5, 0.6) is 0 Å². The van der Waals surface area contributed by atoms with Gasteiger partial charge < -0.3 is 15.3 Å². The summed E-state index contributed by atoms with van der Waals surface area (Å²) in [7, 11) is 2.05. The molecule has 19 heavy (non-hydrogen) atoms. The average Bonchev–Trinajstić information content (AvgIpc) is 2.87. The number of likely N-dealkylation sites (N-methyl/N-ethyl adjacent to an activating group) is 1. The zero-order chi connectivity index (χ0) is 14.4. The lowest BCUT2D eigenvalue weighted by Crippen LogP contribution is -2.38. The first-order chi connectivity index (χ1) is 8.95. The lowest BCUT2D eigenvalue weighted by Gasteiger charge is -2.23. The van der Waals surface area contributed by atoms with Crippen LogP contribution in [0.3, 0.4) is 0 Å². The molecule has 0 aromatic carbocycles. The average molecular weight is 270 g/mol. The van der Waals surface area contributed by atoms with Gasteiger partial charge in [0.2, 0.25) is 5.91 Å². The van der Waals surface area contributed by atoms with E-state index in [-0.39, 0.29) is 17.7 Å². The molecule has 1 amide bonds. The van der Waals surface area contributed by atoms with Gasteiger partial charge in [-0.05, 0) is 39.7 Å². The third-order valence-corrected chi connectivity index (χ3v) is 4.26. The van der Waals surface area contributed by atoms with Gasteiger partial charge >= 0.3 is 5.97 Å². The van der Waals surface area contributed by atoms with Crippen LogP contribution in [0.25, 0.3) is 0 Å². The zero-order valence-electron chi connectivity index (χ0n) is 12.2. The van der Waals surface area contributed by atoms with Gasteiger partial charge in [0, 0.05) is 25.0 Å².